The third-order valence-corrected chi connectivity index (χ3v) is 5.99. The number of benzene rings is 1. The molecule has 4 nitrogen and oxygen atoms in total. The predicted octanol–water partition coefficient (Wildman–Crippen LogP) is 2.45. The van der Waals surface area contributed by atoms with E-state index in [-0.39, 0.29) is 29.9 Å². The Morgan fingerprint density at radius 3 is 2.64 bits per heavy atom. The van der Waals surface area contributed by atoms with Crippen molar-refractivity contribution >= 4 is 10.0 Å². The maximum absolute atomic E-state index is 12.8. The molecular formula is C14H19F3N2O2S. The third-order valence-electron chi connectivity index (χ3n) is 4.07. The van der Waals surface area contributed by atoms with Gasteiger partial charge in [0.25, 0.3) is 0 Å². The molecule has 0 saturated carbocycles. The minimum Gasteiger partial charge on any atom is -0.329 e. The number of hydrogen-bond donors (Lipinski definition) is 1. The van der Waals surface area contributed by atoms with Gasteiger partial charge in [0.1, 0.15) is 0 Å². The molecule has 0 radical (unpaired) electrons. The number of nitrogens with zero attached hydrogens (tertiary/aromatic N) is 1. The van der Waals surface area contributed by atoms with Crippen molar-refractivity contribution in [3.63, 3.8) is 0 Å². The van der Waals surface area contributed by atoms with Gasteiger partial charge in [0, 0.05) is 19.1 Å². The summed E-state index contributed by atoms with van der Waals surface area (Å²) in [4.78, 5) is -0.338. The summed E-state index contributed by atoms with van der Waals surface area (Å²) >= 11 is 0. The van der Waals surface area contributed by atoms with E-state index in [4.69, 9.17) is 5.73 Å². The molecule has 1 heterocycles. The second-order valence-electron chi connectivity index (χ2n) is 5.56. The lowest BCUT2D eigenvalue weighted by molar-refractivity contribution is -0.137. The summed E-state index contributed by atoms with van der Waals surface area (Å²) in [6.07, 6.45) is -3.04. The first kappa shape index (κ1) is 17.2. The fourth-order valence-electron chi connectivity index (χ4n) is 2.83. The molecule has 124 valence electrons. The molecular weight excluding hydrogens is 317 g/mol. The van der Waals surface area contributed by atoms with Gasteiger partial charge in [0.05, 0.1) is 10.5 Å². The van der Waals surface area contributed by atoms with E-state index in [1.807, 2.05) is 6.92 Å². The standard InChI is InChI=1S/C14H19F3N2O2S/c1-10-4-3-7-19(13(10)9-18)22(20,21)12-6-2-5-11(8-12)14(15,16)17/h2,5-6,8,10,13H,3-4,7,9,18H2,1H3. The Kier molecular flexibility index (Phi) is 4.84. The topological polar surface area (TPSA) is 63.4 Å². The highest BCUT2D eigenvalue weighted by Gasteiger charge is 2.38. The van der Waals surface area contributed by atoms with Crippen molar-refractivity contribution < 1.29 is 21.6 Å². The Morgan fingerprint density at radius 2 is 2.05 bits per heavy atom. The van der Waals surface area contributed by atoms with Crippen molar-refractivity contribution in [2.75, 3.05) is 13.1 Å². The molecule has 0 aliphatic carbocycles. The zero-order valence-electron chi connectivity index (χ0n) is 12.2. The summed E-state index contributed by atoms with van der Waals surface area (Å²) in [7, 11) is -3.99. The Balaban J connectivity index is 2.42. The Labute approximate surface area is 128 Å². The average molecular weight is 336 g/mol. The van der Waals surface area contributed by atoms with Crippen LogP contribution in [-0.2, 0) is 16.2 Å². The van der Waals surface area contributed by atoms with Crippen molar-refractivity contribution in [2.24, 2.45) is 11.7 Å². The lowest BCUT2D eigenvalue weighted by Gasteiger charge is -2.38. The summed E-state index contributed by atoms with van der Waals surface area (Å²) < 4.78 is 64.9. The van der Waals surface area contributed by atoms with Crippen LogP contribution in [0.4, 0.5) is 13.2 Å². The van der Waals surface area contributed by atoms with E-state index in [0.29, 0.717) is 12.5 Å². The normalized spacial score (nSPS) is 24.4. The van der Waals surface area contributed by atoms with Crippen LogP contribution in [-0.4, -0.2) is 31.9 Å². The van der Waals surface area contributed by atoms with Crippen LogP contribution < -0.4 is 5.73 Å². The molecule has 22 heavy (non-hydrogen) atoms. The van der Waals surface area contributed by atoms with Gasteiger partial charge in [-0.1, -0.05) is 13.0 Å². The molecule has 0 aromatic heterocycles. The van der Waals surface area contributed by atoms with Crippen LogP contribution in [0.15, 0.2) is 29.2 Å². The first-order valence-electron chi connectivity index (χ1n) is 7.07. The first-order valence-corrected chi connectivity index (χ1v) is 8.51. The van der Waals surface area contributed by atoms with Crippen LogP contribution in [0, 0.1) is 5.92 Å². The SMILES string of the molecule is CC1CCCN(S(=O)(=O)c2cccc(C(F)(F)F)c2)C1CN. The first-order chi connectivity index (χ1) is 10.2. The number of sulfonamides is 1. The zero-order chi connectivity index (χ0) is 16.5. The summed E-state index contributed by atoms with van der Waals surface area (Å²) in [5, 5.41) is 0. The van der Waals surface area contributed by atoms with E-state index < -0.39 is 21.8 Å². The number of nitrogens with two attached hydrogens (primary N) is 1. The van der Waals surface area contributed by atoms with Crippen LogP contribution in [0.2, 0.25) is 0 Å². The number of rotatable bonds is 3. The fraction of sp³-hybridized carbons (Fsp3) is 0.571. The van der Waals surface area contributed by atoms with Gasteiger partial charge in [-0.05, 0) is 37.0 Å². The molecule has 2 N–H and O–H groups in total. The van der Waals surface area contributed by atoms with Crippen molar-refractivity contribution in [3.8, 4) is 0 Å². The molecule has 0 amide bonds. The van der Waals surface area contributed by atoms with Crippen molar-refractivity contribution in [1.29, 1.82) is 0 Å². The monoisotopic (exact) mass is 336 g/mol. The van der Waals surface area contributed by atoms with Gasteiger partial charge in [0.2, 0.25) is 10.0 Å². The van der Waals surface area contributed by atoms with Crippen LogP contribution in [0.3, 0.4) is 0 Å². The Morgan fingerprint density at radius 1 is 1.36 bits per heavy atom. The Bertz CT molecular complexity index is 631. The summed E-state index contributed by atoms with van der Waals surface area (Å²) in [5.74, 6) is 0.0827. The van der Waals surface area contributed by atoms with E-state index in [0.717, 1.165) is 18.6 Å². The van der Waals surface area contributed by atoms with Crippen molar-refractivity contribution in [2.45, 2.75) is 36.9 Å². The highest BCUT2D eigenvalue weighted by Crippen LogP contribution is 2.33. The maximum atomic E-state index is 12.8. The molecule has 0 spiro atoms. The summed E-state index contributed by atoms with van der Waals surface area (Å²) in [5.41, 5.74) is 4.70. The van der Waals surface area contributed by atoms with Crippen LogP contribution in [0.25, 0.3) is 0 Å². The molecule has 8 heteroatoms. The van der Waals surface area contributed by atoms with Gasteiger partial charge in [-0.2, -0.15) is 17.5 Å². The minimum absolute atomic E-state index is 0.0827. The molecule has 1 aliphatic rings. The van der Waals surface area contributed by atoms with Gasteiger partial charge < -0.3 is 5.73 Å². The molecule has 1 aromatic carbocycles. The zero-order valence-corrected chi connectivity index (χ0v) is 13.0. The molecule has 1 saturated heterocycles. The van der Waals surface area contributed by atoms with E-state index in [9.17, 15) is 21.6 Å². The number of alkyl halides is 3. The largest absolute Gasteiger partial charge is 0.416 e. The van der Waals surface area contributed by atoms with Gasteiger partial charge in [-0.15, -0.1) is 0 Å². The smallest absolute Gasteiger partial charge is 0.329 e. The third kappa shape index (κ3) is 3.28. The van der Waals surface area contributed by atoms with Gasteiger partial charge in [-0.3, -0.25) is 0 Å². The second-order valence-corrected chi connectivity index (χ2v) is 7.45. The van der Waals surface area contributed by atoms with Crippen molar-refractivity contribution in [1.82, 2.24) is 4.31 Å². The number of hydrogen-bond acceptors (Lipinski definition) is 3. The van der Waals surface area contributed by atoms with E-state index >= 15 is 0 Å². The van der Waals surface area contributed by atoms with Gasteiger partial charge in [0.15, 0.2) is 0 Å². The molecule has 2 atom stereocenters. The molecule has 0 bridgehead atoms. The average Bonchev–Trinajstić information content (AvgIpc) is 2.46. The van der Waals surface area contributed by atoms with Crippen LogP contribution in [0.5, 0.6) is 0 Å². The second kappa shape index (κ2) is 6.17. The molecule has 2 rings (SSSR count). The lowest BCUT2D eigenvalue weighted by Crippen LogP contribution is -2.51. The maximum Gasteiger partial charge on any atom is 0.416 e. The summed E-state index contributed by atoms with van der Waals surface area (Å²) in [6.45, 7) is 2.34. The predicted molar refractivity (Wildman–Crippen MR) is 76.6 cm³/mol. The lowest BCUT2D eigenvalue weighted by atomic mass is 9.93. The molecule has 1 aromatic rings. The van der Waals surface area contributed by atoms with Crippen LogP contribution in [0.1, 0.15) is 25.3 Å². The number of halogens is 3. The molecule has 1 fully saturated rings. The Hall–Kier alpha value is -1.12. The van der Waals surface area contributed by atoms with E-state index in [1.54, 1.807) is 0 Å². The fourth-order valence-corrected chi connectivity index (χ4v) is 4.64. The van der Waals surface area contributed by atoms with Gasteiger partial charge in [-0.25, -0.2) is 8.42 Å². The van der Waals surface area contributed by atoms with Gasteiger partial charge >= 0.3 is 6.18 Å². The van der Waals surface area contributed by atoms with E-state index in [2.05, 4.69) is 0 Å². The highest BCUT2D eigenvalue weighted by atomic mass is 32.2. The van der Waals surface area contributed by atoms with E-state index in [1.165, 1.54) is 10.4 Å². The highest BCUT2D eigenvalue weighted by molar-refractivity contribution is 7.89. The molecule has 1 aliphatic heterocycles. The quantitative estimate of drug-likeness (QED) is 0.922. The summed E-state index contributed by atoms with van der Waals surface area (Å²) in [6, 6.07) is 3.46. The minimum atomic E-state index is -4.58. The van der Waals surface area contributed by atoms with Crippen LogP contribution >= 0.6 is 0 Å². The number of piperidine rings is 1. The van der Waals surface area contributed by atoms with Crippen molar-refractivity contribution in [3.05, 3.63) is 29.8 Å². The molecule has 2 unspecified atom stereocenters.